The second kappa shape index (κ2) is 8.28. The lowest BCUT2D eigenvalue weighted by molar-refractivity contribution is -0.173. The average molecular weight is 543 g/mol. The normalized spacial score (nSPS) is 38.2. The van der Waals surface area contributed by atoms with Crippen LogP contribution >= 0.6 is 25.3 Å². The second-order valence-electron chi connectivity index (χ2n) is 11.9. The van der Waals surface area contributed by atoms with E-state index in [1.165, 1.54) is 17.7 Å². The van der Waals surface area contributed by atoms with Gasteiger partial charge in [-0.1, -0.05) is 19.4 Å². The lowest BCUT2D eigenvalue weighted by Gasteiger charge is -2.60. The Morgan fingerprint density at radius 3 is 2.68 bits per heavy atom. The molecule has 0 radical (unpaired) electrons. The molecule has 4 aliphatic rings. The van der Waals surface area contributed by atoms with Crippen molar-refractivity contribution in [2.24, 2.45) is 28.6 Å². The minimum Gasteiger partial charge on any atom is -0.393 e. The topological polar surface area (TPSA) is 92.4 Å². The zero-order valence-electron chi connectivity index (χ0n) is 20.8. The molecule has 0 amide bonds. The summed E-state index contributed by atoms with van der Waals surface area (Å²) in [5, 5.41) is 26.4. The molecule has 0 aliphatic heterocycles. The number of rotatable bonds is 3. The lowest BCUT2D eigenvalue weighted by Crippen LogP contribution is -2.61. The van der Waals surface area contributed by atoms with E-state index >= 15 is 0 Å². The van der Waals surface area contributed by atoms with Crippen LogP contribution in [0, 0.1) is 34.4 Å². The van der Waals surface area contributed by atoms with Crippen LogP contribution in [0.2, 0.25) is 0 Å². The summed E-state index contributed by atoms with van der Waals surface area (Å²) in [4.78, 5) is 24.2. The van der Waals surface area contributed by atoms with Crippen molar-refractivity contribution < 1.29 is 24.2 Å². The minimum atomic E-state index is -1.51. The number of fused-ring (bicyclic) bond motifs is 6. The number of aromatic nitrogens is 2. The molecule has 4 aliphatic carbocycles. The highest BCUT2D eigenvalue weighted by Crippen LogP contribution is 2.67. The van der Waals surface area contributed by atoms with Crippen molar-refractivity contribution in [3.8, 4) is 5.69 Å². The van der Waals surface area contributed by atoms with Crippen LogP contribution in [0.4, 0.5) is 4.39 Å². The van der Waals surface area contributed by atoms with E-state index in [1.807, 2.05) is 13.1 Å². The standard InChI is InChI=1S/C28H31FN2O4S2/c1-26-11-14-13-30-31(16-4-6-20(29)18(10-16)24(33)36)21(14)9-15(26)3-5-17-19-7-8-28(35,25(34)37)27(19,2)12-22(32)23(17)26/h4,6,9-10,13,17,19,22-23,32,35H,3,5,7-8,11-12H2,1-2H3,(H,33,36)(H,34,37)/t17-,19?,22?,23?,26-,27-,28?/m0/s1. The Kier molecular flexibility index (Phi) is 5.67. The summed E-state index contributed by atoms with van der Waals surface area (Å²) in [6.07, 6.45) is 7.23. The highest BCUT2D eigenvalue weighted by atomic mass is 32.1. The van der Waals surface area contributed by atoms with Gasteiger partial charge in [-0.05, 0) is 91.5 Å². The number of hydrogen-bond donors (Lipinski definition) is 4. The Bertz CT molecular complexity index is 1370. The Balaban J connectivity index is 1.38. The predicted octanol–water partition coefficient (Wildman–Crippen LogP) is 4.42. The van der Waals surface area contributed by atoms with Crippen LogP contribution in [0.15, 0.2) is 30.0 Å². The van der Waals surface area contributed by atoms with Crippen molar-refractivity contribution in [1.29, 1.82) is 0 Å². The fourth-order valence-electron chi connectivity index (χ4n) is 8.56. The number of carbonyl (C=O) groups is 2. The molecule has 4 unspecified atom stereocenters. The van der Waals surface area contributed by atoms with Crippen LogP contribution in [-0.4, -0.2) is 41.9 Å². The van der Waals surface area contributed by atoms with E-state index in [4.69, 9.17) is 0 Å². The molecular weight excluding hydrogens is 511 g/mol. The quantitative estimate of drug-likeness (QED) is 0.431. The van der Waals surface area contributed by atoms with Crippen LogP contribution in [0.3, 0.4) is 0 Å². The number of halogens is 1. The summed E-state index contributed by atoms with van der Waals surface area (Å²) in [5.41, 5.74) is 1.19. The summed E-state index contributed by atoms with van der Waals surface area (Å²) in [5.74, 6) is -0.291. The molecule has 1 aromatic carbocycles. The van der Waals surface area contributed by atoms with Gasteiger partial charge in [0.2, 0.25) is 10.2 Å². The van der Waals surface area contributed by atoms with Crippen molar-refractivity contribution in [1.82, 2.24) is 9.78 Å². The van der Waals surface area contributed by atoms with Gasteiger partial charge in [0.15, 0.2) is 0 Å². The smallest absolute Gasteiger partial charge is 0.219 e. The maximum absolute atomic E-state index is 14.1. The predicted molar refractivity (Wildman–Crippen MR) is 143 cm³/mol. The van der Waals surface area contributed by atoms with E-state index in [0.29, 0.717) is 24.9 Å². The van der Waals surface area contributed by atoms with E-state index in [0.717, 1.165) is 30.5 Å². The third-order valence-electron chi connectivity index (χ3n) is 10.4. The van der Waals surface area contributed by atoms with Crippen LogP contribution in [0.1, 0.15) is 67.6 Å². The van der Waals surface area contributed by atoms with E-state index < -0.39 is 33.2 Å². The van der Waals surface area contributed by atoms with Gasteiger partial charge in [0.05, 0.1) is 29.2 Å². The lowest BCUT2D eigenvalue weighted by atomic mass is 9.45. The fourth-order valence-corrected chi connectivity index (χ4v) is 9.09. The summed E-state index contributed by atoms with van der Waals surface area (Å²) in [6, 6.07) is 4.32. The molecule has 3 fully saturated rings. The Hall–Kier alpha value is -1.94. The molecule has 196 valence electrons. The second-order valence-corrected chi connectivity index (χ2v) is 12.7. The number of aliphatic hydroxyl groups is 2. The first-order valence-electron chi connectivity index (χ1n) is 12.9. The summed E-state index contributed by atoms with van der Waals surface area (Å²) < 4.78 is 15.8. The molecule has 0 saturated heterocycles. The Morgan fingerprint density at radius 2 is 1.97 bits per heavy atom. The molecule has 6 rings (SSSR count). The molecule has 9 heteroatoms. The maximum atomic E-state index is 14.1. The third kappa shape index (κ3) is 3.36. The average Bonchev–Trinajstić information content (AvgIpc) is 3.35. The molecule has 1 aromatic heterocycles. The van der Waals surface area contributed by atoms with Gasteiger partial charge in [-0.15, -0.1) is 25.3 Å². The van der Waals surface area contributed by atoms with Crippen molar-refractivity contribution in [2.45, 2.75) is 64.1 Å². The highest BCUT2D eigenvalue weighted by molar-refractivity contribution is 7.97. The molecule has 37 heavy (non-hydrogen) atoms. The summed E-state index contributed by atoms with van der Waals surface area (Å²) >= 11 is 7.84. The largest absolute Gasteiger partial charge is 0.393 e. The summed E-state index contributed by atoms with van der Waals surface area (Å²) in [7, 11) is 0. The first kappa shape index (κ1) is 25.3. The van der Waals surface area contributed by atoms with Gasteiger partial charge in [0.25, 0.3) is 0 Å². The van der Waals surface area contributed by atoms with Crippen molar-refractivity contribution in [2.75, 3.05) is 0 Å². The van der Waals surface area contributed by atoms with Gasteiger partial charge < -0.3 is 10.2 Å². The van der Waals surface area contributed by atoms with E-state index in [2.05, 4.69) is 43.4 Å². The van der Waals surface area contributed by atoms with Crippen molar-refractivity contribution in [3.05, 3.63) is 52.6 Å². The molecule has 1 heterocycles. The molecule has 3 saturated carbocycles. The Labute approximate surface area is 226 Å². The van der Waals surface area contributed by atoms with Crippen LogP contribution in [-0.2, 0) is 11.2 Å². The number of benzene rings is 1. The first-order chi connectivity index (χ1) is 17.4. The molecular formula is C28H31FN2O4S2. The Morgan fingerprint density at radius 1 is 1.22 bits per heavy atom. The molecule has 7 atom stereocenters. The zero-order valence-corrected chi connectivity index (χ0v) is 22.6. The van der Waals surface area contributed by atoms with Gasteiger partial charge in [-0.3, -0.25) is 9.59 Å². The molecule has 2 N–H and O–H groups in total. The number of carbonyl (C=O) groups excluding carboxylic acids is 2. The fraction of sp³-hybridized carbons (Fsp3) is 0.536. The van der Waals surface area contributed by atoms with Gasteiger partial charge >= 0.3 is 0 Å². The van der Waals surface area contributed by atoms with E-state index in [-0.39, 0.29) is 28.7 Å². The summed E-state index contributed by atoms with van der Waals surface area (Å²) in [6.45, 7) is 4.18. The number of allylic oxidation sites excluding steroid dienone is 1. The number of hydrogen-bond acceptors (Lipinski definition) is 5. The minimum absolute atomic E-state index is 0.00123. The maximum Gasteiger partial charge on any atom is 0.219 e. The number of thiol groups is 2. The highest BCUT2D eigenvalue weighted by Gasteiger charge is 2.68. The molecule has 0 bridgehead atoms. The molecule has 6 nitrogen and oxygen atoms in total. The first-order valence-corrected chi connectivity index (χ1v) is 13.8. The zero-order chi connectivity index (χ0) is 26.5. The number of nitrogens with zero attached hydrogens (tertiary/aromatic N) is 2. The van der Waals surface area contributed by atoms with Gasteiger partial charge in [0.1, 0.15) is 11.4 Å². The van der Waals surface area contributed by atoms with Crippen molar-refractivity contribution in [3.63, 3.8) is 0 Å². The van der Waals surface area contributed by atoms with E-state index in [9.17, 15) is 24.2 Å². The van der Waals surface area contributed by atoms with Crippen molar-refractivity contribution >= 4 is 41.6 Å². The van der Waals surface area contributed by atoms with Crippen LogP contribution in [0.25, 0.3) is 11.8 Å². The van der Waals surface area contributed by atoms with Crippen LogP contribution in [0.5, 0.6) is 0 Å². The molecule has 2 aromatic rings. The van der Waals surface area contributed by atoms with E-state index in [1.54, 1.807) is 10.7 Å². The monoisotopic (exact) mass is 542 g/mol. The van der Waals surface area contributed by atoms with Gasteiger partial charge in [-0.25, -0.2) is 9.07 Å². The number of aliphatic hydroxyl groups excluding tert-OH is 1. The third-order valence-corrected chi connectivity index (χ3v) is 11.0. The van der Waals surface area contributed by atoms with Gasteiger partial charge in [-0.2, -0.15) is 5.10 Å². The van der Waals surface area contributed by atoms with Crippen LogP contribution < -0.4 is 0 Å². The SMILES string of the molecule is C[C@]12Cc3cnn(-c4ccc(F)c(C(=O)S)c4)c3C=C1CC[C@@H]1C2C(O)C[C@@]2(C)C1CCC2(O)C(=O)S. The van der Waals surface area contributed by atoms with Gasteiger partial charge in [0, 0.05) is 5.41 Å². The molecule has 0 spiro atoms.